The van der Waals surface area contributed by atoms with Gasteiger partial charge in [0.1, 0.15) is 5.75 Å². The van der Waals surface area contributed by atoms with Crippen LogP contribution in [0, 0.1) is 6.07 Å². The summed E-state index contributed by atoms with van der Waals surface area (Å²) in [6.45, 7) is 1.46. The van der Waals surface area contributed by atoms with Crippen LogP contribution in [0.3, 0.4) is 0 Å². The Labute approximate surface area is 71.4 Å². The van der Waals surface area contributed by atoms with Crippen LogP contribution in [0.2, 0.25) is 0 Å². The first-order valence-corrected chi connectivity index (χ1v) is 3.55. The fourth-order valence-electron chi connectivity index (χ4n) is 0.805. The largest absolute Gasteiger partial charge is 0.497 e. The molecule has 0 atom stereocenters. The van der Waals surface area contributed by atoms with Crippen molar-refractivity contribution in [2.75, 3.05) is 12.4 Å². The molecule has 0 aliphatic rings. The molecular formula is C9H10NO2. The minimum absolute atomic E-state index is 0.101. The third-order valence-electron chi connectivity index (χ3n) is 1.33. The van der Waals surface area contributed by atoms with Gasteiger partial charge in [-0.05, 0) is 18.2 Å². The van der Waals surface area contributed by atoms with Crippen LogP contribution >= 0.6 is 0 Å². The third-order valence-corrected chi connectivity index (χ3v) is 1.33. The van der Waals surface area contributed by atoms with Crippen molar-refractivity contribution in [2.24, 2.45) is 0 Å². The summed E-state index contributed by atoms with van der Waals surface area (Å²) in [5.41, 5.74) is 0.656. The standard InChI is InChI=1S/C9H10NO2/c1-7(11)10-8-3-5-9(12-2)6-4-8/h3,5-6H,1-2H3,(H,10,11). The van der Waals surface area contributed by atoms with Crippen LogP contribution in [-0.2, 0) is 4.79 Å². The Balaban J connectivity index is 2.71. The maximum Gasteiger partial charge on any atom is 0.221 e. The van der Waals surface area contributed by atoms with Gasteiger partial charge in [0.25, 0.3) is 0 Å². The number of methoxy groups -OCH3 is 1. The Morgan fingerprint density at radius 2 is 2.33 bits per heavy atom. The zero-order chi connectivity index (χ0) is 8.97. The van der Waals surface area contributed by atoms with Crippen LogP contribution in [0.4, 0.5) is 5.69 Å². The van der Waals surface area contributed by atoms with Gasteiger partial charge in [-0.1, -0.05) is 0 Å². The van der Waals surface area contributed by atoms with Gasteiger partial charge >= 0.3 is 0 Å². The van der Waals surface area contributed by atoms with Gasteiger partial charge in [0.15, 0.2) is 0 Å². The molecule has 63 valence electrons. The second-order valence-corrected chi connectivity index (χ2v) is 2.32. The van der Waals surface area contributed by atoms with Crippen LogP contribution < -0.4 is 10.1 Å². The van der Waals surface area contributed by atoms with Crippen molar-refractivity contribution in [2.45, 2.75) is 6.92 Å². The molecule has 0 unspecified atom stereocenters. The quantitative estimate of drug-likeness (QED) is 0.718. The van der Waals surface area contributed by atoms with Gasteiger partial charge in [0.2, 0.25) is 5.91 Å². The van der Waals surface area contributed by atoms with Crippen molar-refractivity contribution in [3.8, 4) is 5.75 Å². The Hall–Kier alpha value is -1.51. The number of hydrogen-bond donors (Lipinski definition) is 1. The van der Waals surface area contributed by atoms with Crippen LogP contribution in [0.25, 0.3) is 0 Å². The molecule has 1 radical (unpaired) electrons. The molecular weight excluding hydrogens is 154 g/mol. The molecule has 0 saturated heterocycles. The summed E-state index contributed by atoms with van der Waals surface area (Å²) in [5, 5.41) is 2.61. The number of benzene rings is 1. The topological polar surface area (TPSA) is 38.3 Å². The van der Waals surface area contributed by atoms with Gasteiger partial charge in [-0.15, -0.1) is 0 Å². The summed E-state index contributed by atoms with van der Waals surface area (Å²) in [6, 6.07) is 8.04. The van der Waals surface area contributed by atoms with Gasteiger partial charge in [0, 0.05) is 18.7 Å². The monoisotopic (exact) mass is 164 g/mol. The van der Waals surface area contributed by atoms with E-state index >= 15 is 0 Å². The molecule has 1 rings (SSSR count). The predicted molar refractivity (Wildman–Crippen MR) is 46.1 cm³/mol. The highest BCUT2D eigenvalue weighted by Crippen LogP contribution is 2.13. The lowest BCUT2D eigenvalue weighted by molar-refractivity contribution is -0.114. The van der Waals surface area contributed by atoms with Crippen LogP contribution in [0.15, 0.2) is 18.2 Å². The number of amides is 1. The van der Waals surface area contributed by atoms with E-state index < -0.39 is 0 Å². The molecule has 1 amide bonds. The lowest BCUT2D eigenvalue weighted by Gasteiger charge is -2.02. The minimum atomic E-state index is -0.101. The highest BCUT2D eigenvalue weighted by atomic mass is 16.5. The number of anilines is 1. The van der Waals surface area contributed by atoms with Crippen molar-refractivity contribution in [1.82, 2.24) is 0 Å². The Kier molecular flexibility index (Phi) is 2.69. The number of rotatable bonds is 2. The number of hydrogen-bond acceptors (Lipinski definition) is 2. The molecule has 0 spiro atoms. The van der Waals surface area contributed by atoms with Crippen molar-refractivity contribution in [1.29, 1.82) is 0 Å². The Morgan fingerprint density at radius 3 is 2.75 bits per heavy atom. The average molecular weight is 164 g/mol. The van der Waals surface area contributed by atoms with Gasteiger partial charge in [-0.3, -0.25) is 4.79 Å². The molecule has 0 aromatic heterocycles. The first-order valence-electron chi connectivity index (χ1n) is 3.55. The smallest absolute Gasteiger partial charge is 0.221 e. The van der Waals surface area contributed by atoms with E-state index in [0.717, 1.165) is 5.75 Å². The molecule has 1 aromatic rings. The molecule has 0 aliphatic heterocycles. The molecule has 0 heterocycles. The summed E-state index contributed by atoms with van der Waals surface area (Å²) in [4.78, 5) is 10.6. The molecule has 0 fully saturated rings. The molecule has 1 N–H and O–H groups in total. The zero-order valence-electron chi connectivity index (χ0n) is 7.05. The van der Waals surface area contributed by atoms with Gasteiger partial charge in [-0.25, -0.2) is 0 Å². The average Bonchev–Trinajstić information content (AvgIpc) is 2.05. The zero-order valence-corrected chi connectivity index (χ0v) is 7.05. The highest BCUT2D eigenvalue weighted by molar-refractivity contribution is 5.88. The van der Waals surface area contributed by atoms with Crippen molar-refractivity contribution >= 4 is 11.6 Å². The molecule has 3 nitrogen and oxygen atoms in total. The van der Waals surface area contributed by atoms with Gasteiger partial charge in [-0.2, -0.15) is 0 Å². The number of carbonyl (C=O) groups is 1. The second kappa shape index (κ2) is 3.76. The molecule has 1 aromatic carbocycles. The maximum atomic E-state index is 10.6. The normalized spacial score (nSPS) is 9.17. The fraction of sp³-hybridized carbons (Fsp3) is 0.222. The summed E-state index contributed by atoms with van der Waals surface area (Å²) in [6.07, 6.45) is 0. The SMILES string of the molecule is COc1c[c]c(NC(C)=O)cc1. The van der Waals surface area contributed by atoms with Gasteiger partial charge in [0.05, 0.1) is 7.11 Å². The summed E-state index contributed by atoms with van der Waals surface area (Å²) >= 11 is 0. The van der Waals surface area contributed by atoms with E-state index in [1.165, 1.54) is 6.92 Å². The summed E-state index contributed by atoms with van der Waals surface area (Å²) < 4.78 is 4.93. The number of ether oxygens (including phenoxy) is 1. The van der Waals surface area contributed by atoms with Crippen molar-refractivity contribution in [3.05, 3.63) is 24.3 Å². The first-order chi connectivity index (χ1) is 5.72. The molecule has 0 aliphatic carbocycles. The second-order valence-electron chi connectivity index (χ2n) is 2.32. The molecule has 12 heavy (non-hydrogen) atoms. The Morgan fingerprint density at radius 1 is 1.58 bits per heavy atom. The fourth-order valence-corrected chi connectivity index (χ4v) is 0.805. The molecule has 3 heteroatoms. The lowest BCUT2D eigenvalue weighted by Crippen LogP contribution is -2.05. The lowest BCUT2D eigenvalue weighted by atomic mass is 10.3. The first kappa shape index (κ1) is 8.59. The van der Waals surface area contributed by atoms with Crippen LogP contribution in [0.1, 0.15) is 6.92 Å². The minimum Gasteiger partial charge on any atom is -0.497 e. The molecule has 0 saturated carbocycles. The Bertz CT molecular complexity index is 266. The predicted octanol–water partition coefficient (Wildman–Crippen LogP) is 1.45. The molecule has 0 bridgehead atoms. The summed E-state index contributed by atoms with van der Waals surface area (Å²) in [5.74, 6) is 0.625. The summed E-state index contributed by atoms with van der Waals surface area (Å²) in [7, 11) is 1.58. The van der Waals surface area contributed by atoms with E-state index in [4.69, 9.17) is 4.74 Å². The van der Waals surface area contributed by atoms with Crippen molar-refractivity contribution < 1.29 is 9.53 Å². The maximum absolute atomic E-state index is 10.6. The highest BCUT2D eigenvalue weighted by Gasteiger charge is 1.95. The van der Waals surface area contributed by atoms with E-state index in [9.17, 15) is 4.79 Å². The number of carbonyl (C=O) groups excluding carboxylic acids is 1. The third kappa shape index (κ3) is 2.27. The van der Waals surface area contributed by atoms with Gasteiger partial charge < -0.3 is 10.1 Å². The number of nitrogens with one attached hydrogen (secondary N) is 1. The van der Waals surface area contributed by atoms with E-state index in [-0.39, 0.29) is 5.91 Å². The van der Waals surface area contributed by atoms with E-state index in [1.807, 2.05) is 0 Å². The van der Waals surface area contributed by atoms with Crippen LogP contribution in [-0.4, -0.2) is 13.0 Å². The van der Waals surface area contributed by atoms with E-state index in [2.05, 4.69) is 11.4 Å². The van der Waals surface area contributed by atoms with Crippen LogP contribution in [0.5, 0.6) is 5.75 Å². The van der Waals surface area contributed by atoms with Crippen molar-refractivity contribution in [3.63, 3.8) is 0 Å². The van der Waals surface area contributed by atoms with E-state index in [1.54, 1.807) is 25.3 Å². The van der Waals surface area contributed by atoms with E-state index in [0.29, 0.717) is 5.69 Å².